The second-order valence-corrected chi connectivity index (χ2v) is 12.8. The summed E-state index contributed by atoms with van der Waals surface area (Å²) in [6.45, 7) is 6.02. The van der Waals surface area contributed by atoms with Crippen LogP contribution in [0.5, 0.6) is 0 Å². The standard InChI is InChI=1S/C29H35Cl2F3N4O2S/c1-18(2)14-24(35)22-16-20(29(32,33)34)5-7-25(22)36-9-11-37(12-10-36)27(39)26(38-8-3-13-41-28(38)40)15-19-4-6-21(30)17-23(19)31/h4-7,16-18,24,26H,3,8-15,35H2,1-2H3. The van der Waals surface area contributed by atoms with Crippen LogP contribution in [0.4, 0.5) is 23.7 Å². The lowest BCUT2D eigenvalue weighted by atomic mass is 9.94. The summed E-state index contributed by atoms with van der Waals surface area (Å²) in [7, 11) is 0. The number of rotatable bonds is 8. The molecule has 2 aliphatic heterocycles. The van der Waals surface area contributed by atoms with Gasteiger partial charge in [-0.05, 0) is 60.2 Å². The molecule has 2 aromatic carbocycles. The van der Waals surface area contributed by atoms with Gasteiger partial charge < -0.3 is 20.4 Å². The third-order valence-electron chi connectivity index (χ3n) is 7.50. The number of hydrogen-bond acceptors (Lipinski definition) is 5. The van der Waals surface area contributed by atoms with Gasteiger partial charge in [0.05, 0.1) is 5.56 Å². The van der Waals surface area contributed by atoms with Crippen LogP contribution in [0.3, 0.4) is 0 Å². The summed E-state index contributed by atoms with van der Waals surface area (Å²) in [5.74, 6) is 0.754. The quantitative estimate of drug-likeness (QED) is 0.344. The molecule has 2 unspecified atom stereocenters. The number of benzene rings is 2. The summed E-state index contributed by atoms with van der Waals surface area (Å²) < 4.78 is 40.6. The molecule has 2 fully saturated rings. The van der Waals surface area contributed by atoms with Crippen molar-refractivity contribution in [2.24, 2.45) is 11.7 Å². The number of anilines is 1. The summed E-state index contributed by atoms with van der Waals surface area (Å²) >= 11 is 13.7. The van der Waals surface area contributed by atoms with Crippen molar-refractivity contribution in [3.63, 3.8) is 0 Å². The molecule has 224 valence electrons. The Morgan fingerprint density at radius 3 is 2.37 bits per heavy atom. The number of alkyl halides is 3. The molecule has 12 heteroatoms. The number of amides is 2. The molecular weight excluding hydrogens is 596 g/mol. The van der Waals surface area contributed by atoms with Crippen LogP contribution in [0, 0.1) is 5.92 Å². The Morgan fingerprint density at radius 1 is 1.05 bits per heavy atom. The minimum atomic E-state index is -4.47. The molecule has 41 heavy (non-hydrogen) atoms. The molecule has 2 aromatic rings. The number of halogens is 5. The normalized spacial score (nSPS) is 18.2. The number of thioether (sulfide) groups is 1. The fraction of sp³-hybridized carbons (Fsp3) is 0.517. The first-order valence-corrected chi connectivity index (χ1v) is 15.5. The first kappa shape index (κ1) is 31.8. The number of nitrogens with zero attached hydrogens (tertiary/aromatic N) is 3. The number of piperazine rings is 1. The molecule has 6 nitrogen and oxygen atoms in total. The van der Waals surface area contributed by atoms with Gasteiger partial charge >= 0.3 is 6.18 Å². The molecule has 0 bridgehead atoms. The van der Waals surface area contributed by atoms with Crippen LogP contribution in [-0.2, 0) is 17.4 Å². The maximum atomic E-state index is 13.9. The topological polar surface area (TPSA) is 69.9 Å². The molecule has 2 heterocycles. The van der Waals surface area contributed by atoms with Gasteiger partial charge in [-0.15, -0.1) is 0 Å². The Bertz CT molecular complexity index is 1260. The van der Waals surface area contributed by atoms with E-state index >= 15 is 0 Å². The molecule has 0 aliphatic carbocycles. The maximum absolute atomic E-state index is 13.9. The van der Waals surface area contributed by atoms with Gasteiger partial charge in [0, 0.05) is 66.7 Å². The van der Waals surface area contributed by atoms with Crippen molar-refractivity contribution < 1.29 is 22.8 Å². The lowest BCUT2D eigenvalue weighted by molar-refractivity contribution is -0.138. The molecule has 2 saturated heterocycles. The van der Waals surface area contributed by atoms with Gasteiger partial charge in [-0.3, -0.25) is 9.59 Å². The van der Waals surface area contributed by atoms with Crippen molar-refractivity contribution in [3.8, 4) is 0 Å². The van der Waals surface area contributed by atoms with E-state index in [1.807, 2.05) is 18.7 Å². The first-order valence-electron chi connectivity index (χ1n) is 13.7. The van der Waals surface area contributed by atoms with Crippen molar-refractivity contribution >= 4 is 51.8 Å². The molecular formula is C29H35Cl2F3N4O2S. The van der Waals surface area contributed by atoms with Gasteiger partial charge in [-0.1, -0.05) is 54.9 Å². The van der Waals surface area contributed by atoms with E-state index < -0.39 is 23.8 Å². The zero-order valence-electron chi connectivity index (χ0n) is 23.1. The van der Waals surface area contributed by atoms with E-state index in [4.69, 9.17) is 28.9 Å². The lowest BCUT2D eigenvalue weighted by Gasteiger charge is -2.41. The predicted octanol–water partition coefficient (Wildman–Crippen LogP) is 6.88. The highest BCUT2D eigenvalue weighted by atomic mass is 35.5. The monoisotopic (exact) mass is 630 g/mol. The first-order chi connectivity index (χ1) is 19.3. The molecule has 2 amide bonds. The van der Waals surface area contributed by atoms with Crippen LogP contribution in [0.2, 0.25) is 10.0 Å². The highest BCUT2D eigenvalue weighted by Crippen LogP contribution is 2.37. The zero-order valence-corrected chi connectivity index (χ0v) is 25.4. The van der Waals surface area contributed by atoms with Crippen molar-refractivity contribution in [1.82, 2.24) is 9.80 Å². The lowest BCUT2D eigenvalue weighted by Crippen LogP contribution is -2.57. The molecule has 2 atom stereocenters. The van der Waals surface area contributed by atoms with E-state index in [1.165, 1.54) is 17.8 Å². The Kier molecular flexibility index (Phi) is 10.4. The van der Waals surface area contributed by atoms with E-state index in [-0.39, 0.29) is 23.5 Å². The Balaban J connectivity index is 1.54. The molecule has 0 saturated carbocycles. The minimum absolute atomic E-state index is 0.133. The molecule has 2 N–H and O–H groups in total. The van der Waals surface area contributed by atoms with Crippen LogP contribution in [0.15, 0.2) is 36.4 Å². The van der Waals surface area contributed by atoms with Gasteiger partial charge in [0.15, 0.2) is 0 Å². The number of nitrogens with two attached hydrogens (primary N) is 1. The smallest absolute Gasteiger partial charge is 0.368 e. The average Bonchev–Trinajstić information content (AvgIpc) is 2.92. The van der Waals surface area contributed by atoms with Crippen LogP contribution in [-0.4, -0.2) is 65.5 Å². The van der Waals surface area contributed by atoms with Crippen molar-refractivity contribution in [2.75, 3.05) is 43.4 Å². The van der Waals surface area contributed by atoms with E-state index in [0.717, 1.165) is 24.1 Å². The van der Waals surface area contributed by atoms with Gasteiger partial charge in [-0.25, -0.2) is 0 Å². The van der Waals surface area contributed by atoms with E-state index in [9.17, 15) is 22.8 Å². The van der Waals surface area contributed by atoms with Gasteiger partial charge in [0.25, 0.3) is 5.24 Å². The van der Waals surface area contributed by atoms with E-state index in [0.29, 0.717) is 66.2 Å². The van der Waals surface area contributed by atoms with Crippen LogP contribution in [0.1, 0.15) is 49.4 Å². The summed E-state index contributed by atoms with van der Waals surface area (Å²) in [6, 6.07) is 7.57. The summed E-state index contributed by atoms with van der Waals surface area (Å²) in [4.78, 5) is 32.1. The fourth-order valence-electron chi connectivity index (χ4n) is 5.41. The summed E-state index contributed by atoms with van der Waals surface area (Å²) in [5.41, 5.74) is 7.52. The minimum Gasteiger partial charge on any atom is -0.368 e. The fourth-order valence-corrected chi connectivity index (χ4v) is 6.73. The molecule has 4 rings (SSSR count). The largest absolute Gasteiger partial charge is 0.416 e. The SMILES string of the molecule is CC(C)CC(N)c1cc(C(F)(F)F)ccc1N1CCN(C(=O)C(Cc2ccc(Cl)cc2Cl)N2CCCSC2=O)CC1. The molecule has 0 spiro atoms. The van der Waals surface area contributed by atoms with Crippen molar-refractivity contribution in [2.45, 2.75) is 51.4 Å². The maximum Gasteiger partial charge on any atom is 0.416 e. The zero-order chi connectivity index (χ0) is 29.9. The van der Waals surface area contributed by atoms with Crippen LogP contribution in [0.25, 0.3) is 0 Å². The summed E-state index contributed by atoms with van der Waals surface area (Å²) in [5, 5.41) is 0.787. The van der Waals surface area contributed by atoms with Crippen LogP contribution >= 0.6 is 35.0 Å². The van der Waals surface area contributed by atoms with Gasteiger partial charge in [0.2, 0.25) is 5.91 Å². The molecule has 0 aromatic heterocycles. The number of carbonyl (C=O) groups excluding carboxylic acids is 2. The van der Waals surface area contributed by atoms with Crippen molar-refractivity contribution in [3.05, 3.63) is 63.1 Å². The second-order valence-electron chi connectivity index (χ2n) is 10.9. The number of hydrogen-bond donors (Lipinski definition) is 1. The predicted molar refractivity (Wildman–Crippen MR) is 160 cm³/mol. The Hall–Kier alpha value is -2.14. The van der Waals surface area contributed by atoms with Gasteiger partial charge in [-0.2, -0.15) is 13.2 Å². The Morgan fingerprint density at radius 2 is 1.76 bits per heavy atom. The number of carbonyl (C=O) groups is 2. The third-order valence-corrected chi connectivity index (χ3v) is 9.07. The van der Waals surface area contributed by atoms with Crippen LogP contribution < -0.4 is 10.6 Å². The van der Waals surface area contributed by atoms with E-state index in [2.05, 4.69) is 0 Å². The highest BCUT2D eigenvalue weighted by Gasteiger charge is 2.37. The Labute approximate surface area is 253 Å². The van der Waals surface area contributed by atoms with E-state index in [1.54, 1.807) is 28.0 Å². The second kappa shape index (κ2) is 13.4. The molecule has 2 aliphatic rings. The average molecular weight is 632 g/mol. The van der Waals surface area contributed by atoms with Crippen molar-refractivity contribution in [1.29, 1.82) is 0 Å². The summed E-state index contributed by atoms with van der Waals surface area (Å²) in [6.07, 6.45) is -2.88. The van der Waals surface area contributed by atoms with Gasteiger partial charge in [0.1, 0.15) is 6.04 Å². The highest BCUT2D eigenvalue weighted by molar-refractivity contribution is 8.13. The molecule has 0 radical (unpaired) electrons. The third kappa shape index (κ3) is 7.83.